The normalized spacial score (nSPS) is 12.4. The number of benzene rings is 1. The summed E-state index contributed by atoms with van der Waals surface area (Å²) in [5.74, 6) is -1.58. The van der Waals surface area contributed by atoms with E-state index in [4.69, 9.17) is 4.42 Å². The van der Waals surface area contributed by atoms with Crippen LogP contribution in [0.25, 0.3) is 11.0 Å². The lowest BCUT2D eigenvalue weighted by Crippen LogP contribution is -2.13. The molecule has 6 nitrogen and oxygen atoms in total. The van der Waals surface area contributed by atoms with Crippen molar-refractivity contribution in [1.29, 1.82) is 0 Å². The van der Waals surface area contributed by atoms with Crippen LogP contribution in [0, 0.1) is 5.92 Å². The number of fused-ring (bicyclic) bond motifs is 1. The molecule has 0 spiro atoms. The molecule has 0 radical (unpaired) electrons. The number of phenols is 2. The molecule has 1 aromatic carbocycles. The van der Waals surface area contributed by atoms with Crippen molar-refractivity contribution in [2.75, 3.05) is 0 Å². The van der Waals surface area contributed by atoms with Crippen molar-refractivity contribution in [3.05, 3.63) is 44.8 Å². The van der Waals surface area contributed by atoms with Gasteiger partial charge < -0.3 is 19.7 Å². The van der Waals surface area contributed by atoms with Crippen LogP contribution in [0.2, 0.25) is 0 Å². The second kappa shape index (κ2) is 7.96. The Hall–Kier alpha value is -2.60. The number of phenolic OH excluding ortho intramolecular Hbond substituents is 2. The van der Waals surface area contributed by atoms with Crippen molar-refractivity contribution in [1.82, 2.24) is 0 Å². The van der Waals surface area contributed by atoms with Crippen LogP contribution in [-0.4, -0.2) is 21.1 Å². The van der Waals surface area contributed by atoms with Gasteiger partial charge in [-0.05, 0) is 26.7 Å². The Balaban J connectivity index is 3.05. The lowest BCUT2D eigenvalue weighted by molar-refractivity contribution is 0.0937. The van der Waals surface area contributed by atoms with Gasteiger partial charge in [-0.2, -0.15) is 0 Å². The van der Waals surface area contributed by atoms with E-state index in [0.717, 1.165) is 11.6 Å². The molecule has 0 aliphatic carbocycles. The number of rotatable bonds is 6. The van der Waals surface area contributed by atoms with Gasteiger partial charge in [-0.1, -0.05) is 32.4 Å². The maximum Gasteiger partial charge on any atom is 0.336 e. The van der Waals surface area contributed by atoms with Crippen molar-refractivity contribution >= 4 is 16.8 Å². The number of carbonyl (C=O) groups excluding carboxylic acids is 1. The van der Waals surface area contributed by atoms with Crippen molar-refractivity contribution < 1.29 is 24.5 Å². The van der Waals surface area contributed by atoms with E-state index in [-0.39, 0.29) is 39.8 Å². The first-order valence-electron chi connectivity index (χ1n) is 9.00. The summed E-state index contributed by atoms with van der Waals surface area (Å²) in [4.78, 5) is 24.8. The number of Topliss-reactive ketones (excluding diaryl/α,β-unsaturated/α-hetero) is 1. The smallest absolute Gasteiger partial charge is 0.336 e. The highest BCUT2D eigenvalue weighted by atomic mass is 16.4. The molecular weight excluding hydrogens is 348 g/mol. The Labute approximate surface area is 157 Å². The molecule has 0 aliphatic heterocycles. The van der Waals surface area contributed by atoms with Crippen molar-refractivity contribution in [3.63, 3.8) is 0 Å². The van der Waals surface area contributed by atoms with E-state index in [0.29, 0.717) is 6.42 Å². The van der Waals surface area contributed by atoms with Gasteiger partial charge in [0.15, 0.2) is 11.4 Å². The Bertz CT molecular complexity index is 961. The lowest BCUT2D eigenvalue weighted by Gasteiger charge is -2.18. The maximum atomic E-state index is 12.8. The monoisotopic (exact) mass is 374 g/mol. The average Bonchev–Trinajstić information content (AvgIpc) is 2.59. The third kappa shape index (κ3) is 3.90. The molecule has 1 atom stereocenters. The highest BCUT2D eigenvalue weighted by molar-refractivity contribution is 6.12. The summed E-state index contributed by atoms with van der Waals surface area (Å²) in [5.41, 5.74) is 0.207. The number of hydrogen-bond donors (Lipinski definition) is 3. The lowest BCUT2D eigenvalue weighted by atomic mass is 9.90. The first-order valence-corrected chi connectivity index (χ1v) is 9.00. The number of aliphatic hydroxyl groups excluding tert-OH is 1. The van der Waals surface area contributed by atoms with Crippen LogP contribution in [0.4, 0.5) is 0 Å². The molecule has 2 aromatic rings. The number of hydrogen-bond acceptors (Lipinski definition) is 6. The minimum atomic E-state index is -1.02. The van der Waals surface area contributed by atoms with Crippen LogP contribution in [0.15, 0.2) is 26.9 Å². The van der Waals surface area contributed by atoms with E-state index < -0.39 is 29.2 Å². The molecule has 3 N–H and O–H groups in total. The molecule has 0 aliphatic rings. The molecule has 1 heterocycles. The summed E-state index contributed by atoms with van der Waals surface area (Å²) in [6.45, 7) is 8.81. The number of aliphatic hydroxyl groups is 1. The molecule has 0 amide bonds. The Kier molecular flexibility index (Phi) is 6.11. The summed E-state index contributed by atoms with van der Waals surface area (Å²) in [6, 6.07) is 1.11. The molecule has 2 rings (SSSR count). The van der Waals surface area contributed by atoms with E-state index in [9.17, 15) is 24.9 Å². The molecule has 146 valence electrons. The highest BCUT2D eigenvalue weighted by Gasteiger charge is 2.29. The van der Waals surface area contributed by atoms with Crippen LogP contribution < -0.4 is 5.63 Å². The van der Waals surface area contributed by atoms with E-state index in [2.05, 4.69) is 0 Å². The fourth-order valence-corrected chi connectivity index (χ4v) is 2.95. The standard InChI is InChI=1S/C21H26O6/c1-6-14(22)13-9-15(23)27-21-16(13)19(25)12(8-7-10(2)3)20(26)17(21)18(24)11(4)5/h7,9,11,14,22,25-26H,6,8H2,1-5H3/t14-/m1/s1. The van der Waals surface area contributed by atoms with E-state index in [1.807, 2.05) is 13.8 Å². The largest absolute Gasteiger partial charge is 0.507 e. The number of carbonyl (C=O) groups is 1. The molecule has 1 aromatic heterocycles. The van der Waals surface area contributed by atoms with Crippen molar-refractivity contribution in [3.8, 4) is 11.5 Å². The first-order chi connectivity index (χ1) is 12.6. The summed E-state index contributed by atoms with van der Waals surface area (Å²) >= 11 is 0. The zero-order valence-corrected chi connectivity index (χ0v) is 16.3. The number of allylic oxidation sites excluding steroid dienone is 2. The average molecular weight is 374 g/mol. The van der Waals surface area contributed by atoms with E-state index in [1.165, 1.54) is 0 Å². The second-order valence-electron chi connectivity index (χ2n) is 7.20. The van der Waals surface area contributed by atoms with Gasteiger partial charge in [0.1, 0.15) is 17.1 Å². The van der Waals surface area contributed by atoms with E-state index in [1.54, 1.807) is 26.8 Å². The van der Waals surface area contributed by atoms with Gasteiger partial charge in [-0.25, -0.2) is 4.79 Å². The third-order valence-electron chi connectivity index (χ3n) is 4.50. The summed E-state index contributed by atoms with van der Waals surface area (Å²) < 4.78 is 5.22. The van der Waals surface area contributed by atoms with Gasteiger partial charge in [-0.3, -0.25) is 4.79 Å². The summed E-state index contributed by atoms with van der Waals surface area (Å²) in [5, 5.41) is 32.0. The fourth-order valence-electron chi connectivity index (χ4n) is 2.95. The SMILES string of the molecule is CC[C@@H](O)c1cc(=O)oc2c(C(=O)C(C)C)c(O)c(CC=C(C)C)c(O)c12. The number of aromatic hydroxyl groups is 2. The highest BCUT2D eigenvalue weighted by Crippen LogP contribution is 2.43. The third-order valence-corrected chi connectivity index (χ3v) is 4.50. The molecular formula is C21H26O6. The quantitative estimate of drug-likeness (QED) is 0.401. The van der Waals surface area contributed by atoms with Crippen LogP contribution in [0.1, 0.15) is 68.6 Å². The topological polar surface area (TPSA) is 108 Å². The van der Waals surface area contributed by atoms with Crippen LogP contribution >= 0.6 is 0 Å². The fraction of sp³-hybridized carbons (Fsp3) is 0.429. The van der Waals surface area contributed by atoms with E-state index >= 15 is 0 Å². The zero-order valence-electron chi connectivity index (χ0n) is 16.3. The first kappa shape index (κ1) is 20.7. The molecule has 0 saturated heterocycles. The Morgan fingerprint density at radius 2 is 1.85 bits per heavy atom. The van der Waals surface area contributed by atoms with Crippen LogP contribution in [-0.2, 0) is 6.42 Å². The molecule has 0 unspecified atom stereocenters. The van der Waals surface area contributed by atoms with Crippen LogP contribution in [0.5, 0.6) is 11.5 Å². The molecule has 0 saturated carbocycles. The Morgan fingerprint density at radius 1 is 1.22 bits per heavy atom. The predicted octanol–water partition coefficient (Wildman–Crippen LogP) is 4.00. The van der Waals surface area contributed by atoms with Gasteiger partial charge >= 0.3 is 5.63 Å². The van der Waals surface area contributed by atoms with Gasteiger partial charge in [0, 0.05) is 23.1 Å². The predicted molar refractivity (Wildman–Crippen MR) is 103 cm³/mol. The van der Waals surface area contributed by atoms with Gasteiger partial charge in [-0.15, -0.1) is 0 Å². The maximum absolute atomic E-state index is 12.8. The zero-order chi connectivity index (χ0) is 20.5. The summed E-state index contributed by atoms with van der Waals surface area (Å²) in [6.07, 6.45) is 1.27. The number of ketones is 1. The summed E-state index contributed by atoms with van der Waals surface area (Å²) in [7, 11) is 0. The minimum absolute atomic E-state index is 0.0860. The van der Waals surface area contributed by atoms with Gasteiger partial charge in [0.25, 0.3) is 0 Å². The molecule has 0 bridgehead atoms. The van der Waals surface area contributed by atoms with Gasteiger partial charge in [0.2, 0.25) is 0 Å². The molecule has 0 fully saturated rings. The second-order valence-corrected chi connectivity index (χ2v) is 7.20. The molecule has 6 heteroatoms. The van der Waals surface area contributed by atoms with Crippen molar-refractivity contribution in [2.45, 2.75) is 53.6 Å². The Morgan fingerprint density at radius 3 is 2.37 bits per heavy atom. The minimum Gasteiger partial charge on any atom is -0.507 e. The molecule has 27 heavy (non-hydrogen) atoms. The van der Waals surface area contributed by atoms with Crippen LogP contribution in [0.3, 0.4) is 0 Å². The van der Waals surface area contributed by atoms with Gasteiger partial charge in [0.05, 0.1) is 11.5 Å². The van der Waals surface area contributed by atoms with Crippen molar-refractivity contribution in [2.24, 2.45) is 5.92 Å².